The van der Waals surface area contributed by atoms with Crippen molar-refractivity contribution in [3.05, 3.63) is 57.3 Å². The van der Waals surface area contributed by atoms with Crippen LogP contribution in [-0.2, 0) is 12.8 Å². The Morgan fingerprint density at radius 2 is 2.00 bits per heavy atom. The molecule has 1 atom stereocenters. The normalized spacial score (nSPS) is 12.7. The molecule has 96 valence electrons. The highest BCUT2D eigenvalue weighted by atomic mass is 35.5. The molecular formula is C14H13ClF2S. The van der Waals surface area contributed by atoms with Crippen LogP contribution in [0.2, 0.25) is 0 Å². The summed E-state index contributed by atoms with van der Waals surface area (Å²) in [5.74, 6) is -1.64. The Bertz CT molecular complexity index is 536. The second-order valence-electron chi connectivity index (χ2n) is 4.08. The Balaban J connectivity index is 2.16. The van der Waals surface area contributed by atoms with Gasteiger partial charge in [-0.3, -0.25) is 0 Å². The summed E-state index contributed by atoms with van der Waals surface area (Å²) in [4.78, 5) is 1.11. The summed E-state index contributed by atoms with van der Waals surface area (Å²) >= 11 is 7.96. The Hall–Kier alpha value is -0.930. The summed E-state index contributed by atoms with van der Waals surface area (Å²) in [6.07, 6.45) is 1.44. The van der Waals surface area contributed by atoms with Crippen molar-refractivity contribution in [2.45, 2.75) is 25.1 Å². The molecule has 0 fully saturated rings. The molecule has 0 amide bonds. The number of halogens is 3. The largest absolute Gasteiger partial charge is 0.204 e. The van der Waals surface area contributed by atoms with Gasteiger partial charge in [0.25, 0.3) is 0 Å². The van der Waals surface area contributed by atoms with Crippen LogP contribution in [0.3, 0.4) is 0 Å². The van der Waals surface area contributed by atoms with E-state index in [1.165, 1.54) is 11.6 Å². The van der Waals surface area contributed by atoms with Gasteiger partial charge >= 0.3 is 0 Å². The Labute approximate surface area is 114 Å². The van der Waals surface area contributed by atoms with Crippen molar-refractivity contribution in [2.75, 3.05) is 0 Å². The number of hydrogen-bond donors (Lipinski definition) is 0. The molecule has 0 aliphatic rings. The van der Waals surface area contributed by atoms with E-state index in [0.29, 0.717) is 12.0 Å². The highest BCUT2D eigenvalue weighted by Gasteiger charge is 2.15. The zero-order valence-corrected chi connectivity index (χ0v) is 11.5. The predicted molar refractivity (Wildman–Crippen MR) is 72.4 cm³/mol. The maximum atomic E-state index is 13.1. The SMILES string of the molecule is CCc1ccsc1C(Cl)Cc1ccc(F)c(F)c1. The van der Waals surface area contributed by atoms with Crippen molar-refractivity contribution in [2.24, 2.45) is 0 Å². The van der Waals surface area contributed by atoms with Gasteiger partial charge < -0.3 is 0 Å². The van der Waals surface area contributed by atoms with Crippen molar-refractivity contribution in [3.8, 4) is 0 Å². The van der Waals surface area contributed by atoms with Gasteiger partial charge in [-0.1, -0.05) is 13.0 Å². The summed E-state index contributed by atoms with van der Waals surface area (Å²) in [5.41, 5.74) is 1.94. The number of benzene rings is 1. The third-order valence-corrected chi connectivity index (χ3v) is 4.42. The first-order valence-electron chi connectivity index (χ1n) is 5.76. The standard InChI is InChI=1S/C14H13ClF2S/c1-2-10-5-6-18-14(10)11(15)7-9-3-4-12(16)13(17)8-9/h3-6,8,11H,2,7H2,1H3. The van der Waals surface area contributed by atoms with E-state index in [0.717, 1.165) is 17.4 Å². The lowest BCUT2D eigenvalue weighted by atomic mass is 10.1. The molecule has 0 N–H and O–H groups in total. The van der Waals surface area contributed by atoms with Gasteiger partial charge in [0.05, 0.1) is 5.38 Å². The fourth-order valence-electron chi connectivity index (χ4n) is 1.88. The van der Waals surface area contributed by atoms with Crippen LogP contribution in [0.4, 0.5) is 8.78 Å². The minimum Gasteiger partial charge on any atom is -0.204 e. The van der Waals surface area contributed by atoms with E-state index >= 15 is 0 Å². The van der Waals surface area contributed by atoms with Crippen molar-refractivity contribution in [3.63, 3.8) is 0 Å². The molecule has 18 heavy (non-hydrogen) atoms. The minimum atomic E-state index is -0.824. The molecule has 1 heterocycles. The summed E-state index contributed by atoms with van der Waals surface area (Å²) < 4.78 is 25.9. The third-order valence-electron chi connectivity index (χ3n) is 2.85. The molecular weight excluding hydrogens is 274 g/mol. The molecule has 2 rings (SSSR count). The second kappa shape index (κ2) is 5.81. The van der Waals surface area contributed by atoms with Crippen LogP contribution in [0.25, 0.3) is 0 Å². The van der Waals surface area contributed by atoms with E-state index in [4.69, 9.17) is 11.6 Å². The zero-order valence-electron chi connectivity index (χ0n) is 9.92. The van der Waals surface area contributed by atoms with Gasteiger partial charge in [-0.25, -0.2) is 8.78 Å². The molecule has 1 unspecified atom stereocenters. The Morgan fingerprint density at radius 3 is 2.67 bits per heavy atom. The monoisotopic (exact) mass is 286 g/mol. The minimum absolute atomic E-state index is 0.190. The van der Waals surface area contributed by atoms with E-state index in [2.05, 4.69) is 13.0 Å². The van der Waals surface area contributed by atoms with Crippen LogP contribution in [-0.4, -0.2) is 0 Å². The Morgan fingerprint density at radius 1 is 1.22 bits per heavy atom. The molecule has 0 saturated heterocycles. The summed E-state index contributed by atoms with van der Waals surface area (Å²) in [5, 5.41) is 1.82. The lowest BCUT2D eigenvalue weighted by Crippen LogP contribution is -1.98. The van der Waals surface area contributed by atoms with E-state index in [-0.39, 0.29) is 5.38 Å². The first-order valence-corrected chi connectivity index (χ1v) is 7.07. The predicted octanol–water partition coefficient (Wildman–Crippen LogP) is 5.11. The van der Waals surface area contributed by atoms with Crippen molar-refractivity contribution >= 4 is 22.9 Å². The van der Waals surface area contributed by atoms with Crippen LogP contribution in [0.5, 0.6) is 0 Å². The number of aryl methyl sites for hydroxylation is 1. The quantitative estimate of drug-likeness (QED) is 0.685. The van der Waals surface area contributed by atoms with Gasteiger partial charge in [-0.15, -0.1) is 22.9 Å². The van der Waals surface area contributed by atoms with Gasteiger partial charge in [0.2, 0.25) is 0 Å². The maximum Gasteiger partial charge on any atom is 0.159 e. The van der Waals surface area contributed by atoms with Crippen LogP contribution in [0, 0.1) is 11.6 Å². The van der Waals surface area contributed by atoms with Crippen LogP contribution in [0.1, 0.15) is 28.3 Å². The lowest BCUT2D eigenvalue weighted by molar-refractivity contribution is 0.507. The lowest BCUT2D eigenvalue weighted by Gasteiger charge is -2.10. The van der Waals surface area contributed by atoms with Crippen molar-refractivity contribution in [1.82, 2.24) is 0 Å². The van der Waals surface area contributed by atoms with Gasteiger partial charge in [0, 0.05) is 4.88 Å². The fourth-order valence-corrected chi connectivity index (χ4v) is 3.33. The van der Waals surface area contributed by atoms with Gasteiger partial charge in [0.1, 0.15) is 0 Å². The van der Waals surface area contributed by atoms with E-state index in [1.807, 2.05) is 5.38 Å². The van der Waals surface area contributed by atoms with E-state index in [1.54, 1.807) is 17.4 Å². The van der Waals surface area contributed by atoms with E-state index in [9.17, 15) is 8.78 Å². The number of alkyl halides is 1. The molecule has 0 aliphatic carbocycles. The van der Waals surface area contributed by atoms with Gasteiger partial charge in [-0.05, 0) is 47.5 Å². The first kappa shape index (κ1) is 13.5. The molecule has 0 nitrogen and oxygen atoms in total. The number of thiophene rings is 1. The molecule has 0 bridgehead atoms. The molecule has 0 radical (unpaired) electrons. The summed E-state index contributed by atoms with van der Waals surface area (Å²) in [7, 11) is 0. The molecule has 0 spiro atoms. The molecule has 0 aliphatic heterocycles. The highest BCUT2D eigenvalue weighted by molar-refractivity contribution is 7.10. The summed E-state index contributed by atoms with van der Waals surface area (Å²) in [6, 6.07) is 5.99. The molecule has 4 heteroatoms. The topological polar surface area (TPSA) is 0 Å². The number of rotatable bonds is 4. The molecule has 0 saturated carbocycles. The molecule has 1 aromatic heterocycles. The average molecular weight is 287 g/mol. The van der Waals surface area contributed by atoms with Crippen LogP contribution >= 0.6 is 22.9 Å². The van der Waals surface area contributed by atoms with Crippen LogP contribution < -0.4 is 0 Å². The second-order valence-corrected chi connectivity index (χ2v) is 5.56. The number of hydrogen-bond acceptors (Lipinski definition) is 1. The maximum absolute atomic E-state index is 13.1. The van der Waals surface area contributed by atoms with Gasteiger partial charge in [0.15, 0.2) is 11.6 Å². The highest BCUT2D eigenvalue weighted by Crippen LogP contribution is 2.32. The zero-order chi connectivity index (χ0) is 13.1. The van der Waals surface area contributed by atoms with E-state index < -0.39 is 11.6 Å². The third kappa shape index (κ3) is 2.90. The van der Waals surface area contributed by atoms with Gasteiger partial charge in [-0.2, -0.15) is 0 Å². The smallest absolute Gasteiger partial charge is 0.159 e. The fraction of sp³-hybridized carbons (Fsp3) is 0.286. The average Bonchev–Trinajstić information content (AvgIpc) is 2.82. The molecule has 2 aromatic rings. The van der Waals surface area contributed by atoms with Crippen molar-refractivity contribution in [1.29, 1.82) is 0 Å². The first-order chi connectivity index (χ1) is 8.61. The summed E-state index contributed by atoms with van der Waals surface area (Å²) in [6.45, 7) is 2.08. The van der Waals surface area contributed by atoms with Crippen LogP contribution in [0.15, 0.2) is 29.6 Å². The molecule has 1 aromatic carbocycles. The van der Waals surface area contributed by atoms with Crippen molar-refractivity contribution < 1.29 is 8.78 Å². The Kier molecular flexibility index (Phi) is 4.36.